The third-order valence-corrected chi connectivity index (χ3v) is 3.81. The number of nitrogens with one attached hydrogen (secondary N) is 2. The second-order valence-corrected chi connectivity index (χ2v) is 5.77. The maximum atomic E-state index is 13.2. The summed E-state index contributed by atoms with van der Waals surface area (Å²) >= 11 is 5.57. The summed E-state index contributed by atoms with van der Waals surface area (Å²) in [5.41, 5.74) is -0.181. The molecule has 1 aromatic carbocycles. The van der Waals surface area contributed by atoms with Crippen LogP contribution in [0.25, 0.3) is 0 Å². The Hall–Kier alpha value is -1.33. The molecule has 6 heteroatoms. The van der Waals surface area contributed by atoms with Gasteiger partial charge in [0.15, 0.2) is 6.61 Å². The van der Waals surface area contributed by atoms with Crippen molar-refractivity contribution in [3.05, 3.63) is 29.0 Å². The Bertz CT molecular complexity index is 504. The first kappa shape index (κ1) is 15.1. The van der Waals surface area contributed by atoms with Gasteiger partial charge in [-0.2, -0.15) is 0 Å². The molecule has 110 valence electrons. The molecule has 1 fully saturated rings. The fourth-order valence-corrected chi connectivity index (χ4v) is 2.54. The quantitative estimate of drug-likeness (QED) is 0.876. The molecular formula is C14H18ClFN2O2. The number of hydrogen-bond donors (Lipinski definition) is 2. The van der Waals surface area contributed by atoms with Gasteiger partial charge >= 0.3 is 0 Å². The molecule has 0 radical (unpaired) electrons. The van der Waals surface area contributed by atoms with E-state index in [1.54, 1.807) is 0 Å². The van der Waals surface area contributed by atoms with Crippen LogP contribution in [0.1, 0.15) is 19.8 Å². The van der Waals surface area contributed by atoms with Gasteiger partial charge in [-0.25, -0.2) is 4.39 Å². The number of carbonyl (C=O) groups is 1. The van der Waals surface area contributed by atoms with Gasteiger partial charge in [-0.05, 0) is 38.9 Å². The fraction of sp³-hybridized carbons (Fsp3) is 0.500. The second kappa shape index (κ2) is 5.97. The summed E-state index contributed by atoms with van der Waals surface area (Å²) in [5, 5.41) is 6.12. The van der Waals surface area contributed by atoms with Gasteiger partial charge in [-0.1, -0.05) is 11.6 Å². The molecule has 2 N–H and O–H groups in total. The van der Waals surface area contributed by atoms with Crippen molar-refractivity contribution in [2.24, 2.45) is 0 Å². The van der Waals surface area contributed by atoms with Crippen LogP contribution in [-0.2, 0) is 4.79 Å². The molecule has 1 aliphatic rings. The summed E-state index contributed by atoms with van der Waals surface area (Å²) in [6.07, 6.45) is 1.79. The third-order valence-electron chi connectivity index (χ3n) is 3.50. The minimum Gasteiger partial charge on any atom is -0.484 e. The molecule has 0 atom stereocenters. The van der Waals surface area contributed by atoms with Crippen molar-refractivity contribution < 1.29 is 13.9 Å². The van der Waals surface area contributed by atoms with Crippen LogP contribution in [0.2, 0.25) is 5.02 Å². The molecule has 1 saturated carbocycles. The smallest absolute Gasteiger partial charge is 0.258 e. The average molecular weight is 301 g/mol. The highest BCUT2D eigenvalue weighted by molar-refractivity contribution is 6.30. The lowest BCUT2D eigenvalue weighted by atomic mass is 9.74. The molecule has 0 aliphatic heterocycles. The Kier molecular flexibility index (Phi) is 4.50. The van der Waals surface area contributed by atoms with Crippen LogP contribution in [0.4, 0.5) is 4.39 Å². The third kappa shape index (κ3) is 3.61. The summed E-state index contributed by atoms with van der Waals surface area (Å²) < 4.78 is 18.4. The van der Waals surface area contributed by atoms with E-state index in [1.165, 1.54) is 12.1 Å². The molecule has 0 saturated heterocycles. The van der Waals surface area contributed by atoms with E-state index >= 15 is 0 Å². The molecule has 1 aliphatic carbocycles. The first-order valence-corrected chi connectivity index (χ1v) is 6.86. The van der Waals surface area contributed by atoms with E-state index in [0.717, 1.165) is 18.9 Å². The first-order valence-electron chi connectivity index (χ1n) is 6.48. The number of halogens is 2. The van der Waals surface area contributed by atoms with Crippen LogP contribution in [-0.4, -0.2) is 31.1 Å². The monoisotopic (exact) mass is 300 g/mol. The van der Waals surface area contributed by atoms with E-state index in [4.69, 9.17) is 16.3 Å². The predicted molar refractivity (Wildman–Crippen MR) is 75.5 cm³/mol. The molecule has 0 unspecified atom stereocenters. The highest BCUT2D eigenvalue weighted by Gasteiger charge is 2.40. The van der Waals surface area contributed by atoms with Gasteiger partial charge in [-0.3, -0.25) is 4.79 Å². The van der Waals surface area contributed by atoms with E-state index in [9.17, 15) is 9.18 Å². The van der Waals surface area contributed by atoms with Crippen molar-refractivity contribution in [3.8, 4) is 5.75 Å². The number of hydrogen-bond acceptors (Lipinski definition) is 3. The van der Waals surface area contributed by atoms with E-state index in [1.807, 2.05) is 14.0 Å². The number of amides is 1. The normalized spacial score (nSPS) is 24.9. The topological polar surface area (TPSA) is 50.4 Å². The van der Waals surface area contributed by atoms with Crippen LogP contribution in [0, 0.1) is 5.82 Å². The number of carbonyl (C=O) groups excluding carboxylic acids is 1. The summed E-state index contributed by atoms with van der Waals surface area (Å²) in [7, 11) is 1.91. The van der Waals surface area contributed by atoms with Crippen molar-refractivity contribution >= 4 is 17.5 Å². The number of rotatable bonds is 5. The molecule has 0 bridgehead atoms. The van der Waals surface area contributed by atoms with Crippen molar-refractivity contribution in [2.75, 3.05) is 13.7 Å². The molecule has 1 aromatic rings. The van der Waals surface area contributed by atoms with Gasteiger partial charge in [0.25, 0.3) is 5.91 Å². The highest BCUT2D eigenvalue weighted by Crippen LogP contribution is 2.31. The van der Waals surface area contributed by atoms with Gasteiger partial charge in [0.05, 0.1) is 5.02 Å². The van der Waals surface area contributed by atoms with Crippen LogP contribution < -0.4 is 15.4 Å². The molecular weight excluding hydrogens is 283 g/mol. The lowest BCUT2D eigenvalue weighted by Crippen LogP contribution is -2.61. The zero-order valence-corrected chi connectivity index (χ0v) is 12.3. The zero-order chi connectivity index (χ0) is 14.8. The minimum absolute atomic E-state index is 0.0295. The second-order valence-electron chi connectivity index (χ2n) is 5.37. The Balaban J connectivity index is 1.79. The SMILES string of the molecule is CNC1CC(C)(NC(=O)COc2ccc(Cl)c(F)c2)C1. The number of benzene rings is 1. The summed E-state index contributed by atoms with van der Waals surface area (Å²) in [5.74, 6) is -0.487. The maximum Gasteiger partial charge on any atom is 0.258 e. The maximum absolute atomic E-state index is 13.2. The summed E-state index contributed by atoms with van der Waals surface area (Å²) in [6, 6.07) is 4.54. The number of ether oxygens (including phenoxy) is 1. The van der Waals surface area contributed by atoms with E-state index in [2.05, 4.69) is 10.6 Å². The van der Waals surface area contributed by atoms with Gasteiger partial charge in [0, 0.05) is 17.6 Å². The van der Waals surface area contributed by atoms with Crippen molar-refractivity contribution in [2.45, 2.75) is 31.3 Å². The molecule has 4 nitrogen and oxygen atoms in total. The van der Waals surface area contributed by atoms with Gasteiger partial charge in [0.1, 0.15) is 11.6 Å². The molecule has 20 heavy (non-hydrogen) atoms. The van der Waals surface area contributed by atoms with Crippen molar-refractivity contribution in [1.82, 2.24) is 10.6 Å². The fourth-order valence-electron chi connectivity index (χ4n) is 2.42. The Morgan fingerprint density at radius 2 is 2.25 bits per heavy atom. The molecule has 0 spiro atoms. The van der Waals surface area contributed by atoms with Crippen LogP contribution in [0.5, 0.6) is 5.75 Å². The minimum atomic E-state index is -0.563. The van der Waals surface area contributed by atoms with Crippen LogP contribution >= 0.6 is 11.6 Å². The van der Waals surface area contributed by atoms with Crippen molar-refractivity contribution in [3.63, 3.8) is 0 Å². The predicted octanol–water partition coefficient (Wildman–Crippen LogP) is 2.11. The largest absolute Gasteiger partial charge is 0.484 e. The summed E-state index contributed by atoms with van der Waals surface area (Å²) in [6.45, 7) is 1.86. The summed E-state index contributed by atoms with van der Waals surface area (Å²) in [4.78, 5) is 11.8. The van der Waals surface area contributed by atoms with Crippen LogP contribution in [0.3, 0.4) is 0 Å². The van der Waals surface area contributed by atoms with E-state index < -0.39 is 5.82 Å². The van der Waals surface area contributed by atoms with Crippen molar-refractivity contribution in [1.29, 1.82) is 0 Å². The van der Waals surface area contributed by atoms with E-state index in [0.29, 0.717) is 6.04 Å². The van der Waals surface area contributed by atoms with Gasteiger partial charge < -0.3 is 15.4 Å². The van der Waals surface area contributed by atoms with Crippen LogP contribution in [0.15, 0.2) is 18.2 Å². The zero-order valence-electron chi connectivity index (χ0n) is 11.5. The molecule has 0 aromatic heterocycles. The van der Waals surface area contributed by atoms with Gasteiger partial charge in [-0.15, -0.1) is 0 Å². The first-order chi connectivity index (χ1) is 9.42. The lowest BCUT2D eigenvalue weighted by Gasteiger charge is -2.45. The molecule has 1 amide bonds. The Labute approximate surface area is 122 Å². The highest BCUT2D eigenvalue weighted by atomic mass is 35.5. The molecule has 2 rings (SSSR count). The Morgan fingerprint density at radius 1 is 1.55 bits per heavy atom. The van der Waals surface area contributed by atoms with E-state index in [-0.39, 0.29) is 28.8 Å². The Morgan fingerprint density at radius 3 is 2.85 bits per heavy atom. The van der Waals surface area contributed by atoms with Gasteiger partial charge in [0.2, 0.25) is 0 Å². The molecule has 0 heterocycles. The average Bonchev–Trinajstić information content (AvgIpc) is 2.37. The lowest BCUT2D eigenvalue weighted by molar-refractivity contribution is -0.126. The standard InChI is InChI=1S/C14H18ClFN2O2/c1-14(6-9(7-14)17-2)18-13(19)8-20-10-3-4-11(15)12(16)5-10/h3-5,9,17H,6-8H2,1-2H3,(H,18,19).